The van der Waals surface area contributed by atoms with E-state index in [-0.39, 0.29) is 24.4 Å². The van der Waals surface area contributed by atoms with Gasteiger partial charge in [0.15, 0.2) is 5.01 Å². The van der Waals surface area contributed by atoms with Crippen LogP contribution >= 0.6 is 23.7 Å². The van der Waals surface area contributed by atoms with Crippen LogP contribution in [0.3, 0.4) is 0 Å². The molecule has 2 bridgehead atoms. The summed E-state index contributed by atoms with van der Waals surface area (Å²) in [5.74, 6) is 0.616. The molecule has 5 rings (SSSR count). The highest BCUT2D eigenvalue weighted by molar-refractivity contribution is 7.20. The lowest BCUT2D eigenvalue weighted by atomic mass is 9.79. The number of amides is 1. The van der Waals surface area contributed by atoms with E-state index in [9.17, 15) is 4.79 Å². The van der Waals surface area contributed by atoms with Crippen LogP contribution in [-0.4, -0.2) is 41.0 Å². The number of nitrogens with zero attached hydrogens (tertiary/aromatic N) is 2. The van der Waals surface area contributed by atoms with Gasteiger partial charge >= 0.3 is 0 Å². The van der Waals surface area contributed by atoms with Crippen molar-refractivity contribution < 1.29 is 4.79 Å². The third-order valence-electron chi connectivity index (χ3n) is 4.96. The lowest BCUT2D eigenvalue weighted by molar-refractivity contribution is 0.0217. The minimum atomic E-state index is -0.0122. The van der Waals surface area contributed by atoms with Gasteiger partial charge in [-0.1, -0.05) is 12.1 Å². The van der Waals surface area contributed by atoms with Crippen molar-refractivity contribution in [3.05, 3.63) is 29.3 Å². The maximum absolute atomic E-state index is 12.5. The molecule has 3 aliphatic rings. The summed E-state index contributed by atoms with van der Waals surface area (Å²) < 4.78 is 1.07. The number of benzene rings is 1. The number of aromatic nitrogens is 1. The van der Waals surface area contributed by atoms with Crippen molar-refractivity contribution in [3.8, 4) is 0 Å². The quantitative estimate of drug-likeness (QED) is 0.916. The van der Waals surface area contributed by atoms with Crippen LogP contribution in [0.4, 0.5) is 0 Å². The van der Waals surface area contributed by atoms with Gasteiger partial charge in [-0.2, -0.15) is 0 Å². The molecule has 1 amide bonds. The fraction of sp³-hybridized carbons (Fsp3) is 0.500. The average molecular weight is 338 g/mol. The molecule has 1 aromatic heterocycles. The number of hydrogen-bond acceptors (Lipinski definition) is 4. The number of carbonyl (C=O) groups excluding carboxylic acids is 1. The molecule has 3 aliphatic heterocycles. The molecule has 0 radical (unpaired) electrons. The molecule has 0 spiro atoms. The molecule has 2 atom stereocenters. The maximum Gasteiger partial charge on any atom is 0.280 e. The van der Waals surface area contributed by atoms with E-state index in [1.54, 1.807) is 0 Å². The van der Waals surface area contributed by atoms with Crippen molar-refractivity contribution in [3.63, 3.8) is 0 Å². The van der Waals surface area contributed by atoms with Crippen LogP contribution in [0.15, 0.2) is 24.3 Å². The lowest BCUT2D eigenvalue weighted by Gasteiger charge is -2.49. The van der Waals surface area contributed by atoms with E-state index in [4.69, 9.17) is 0 Å². The van der Waals surface area contributed by atoms with Gasteiger partial charge in [0.2, 0.25) is 0 Å². The number of nitrogens with one attached hydrogen (secondary N) is 1. The van der Waals surface area contributed by atoms with Crippen molar-refractivity contribution in [2.24, 2.45) is 5.92 Å². The molecule has 22 heavy (non-hydrogen) atoms. The third-order valence-corrected chi connectivity index (χ3v) is 6.00. The van der Waals surface area contributed by atoms with Gasteiger partial charge in [0, 0.05) is 12.1 Å². The zero-order chi connectivity index (χ0) is 14.4. The molecule has 0 saturated carbocycles. The van der Waals surface area contributed by atoms with Crippen molar-refractivity contribution >= 4 is 39.9 Å². The molecule has 0 unspecified atom stereocenters. The topological polar surface area (TPSA) is 45.2 Å². The zero-order valence-electron chi connectivity index (χ0n) is 12.5. The van der Waals surface area contributed by atoms with Crippen LogP contribution in [-0.2, 0) is 0 Å². The Labute approximate surface area is 140 Å². The molecule has 118 valence electrons. The van der Waals surface area contributed by atoms with E-state index < -0.39 is 0 Å². The fourth-order valence-corrected chi connectivity index (χ4v) is 4.60. The van der Waals surface area contributed by atoms with E-state index in [0.717, 1.165) is 10.2 Å². The number of para-hydroxylation sites is 1. The second-order valence-electron chi connectivity index (χ2n) is 6.10. The number of fused-ring (bicyclic) bond motifs is 4. The van der Waals surface area contributed by atoms with Crippen molar-refractivity contribution in [1.82, 2.24) is 15.2 Å². The van der Waals surface area contributed by atoms with Crippen LogP contribution in [0.1, 0.15) is 29.6 Å². The fourth-order valence-electron chi connectivity index (χ4n) is 3.73. The van der Waals surface area contributed by atoms with E-state index >= 15 is 0 Å². The van der Waals surface area contributed by atoms with Gasteiger partial charge in [-0.3, -0.25) is 9.69 Å². The first kappa shape index (κ1) is 15.7. The Hall–Kier alpha value is -1.17. The minimum absolute atomic E-state index is 0. The molecular weight excluding hydrogens is 318 g/mol. The van der Waals surface area contributed by atoms with E-state index in [2.05, 4.69) is 22.1 Å². The van der Waals surface area contributed by atoms with Crippen LogP contribution < -0.4 is 5.32 Å². The maximum atomic E-state index is 12.5. The molecule has 6 heteroatoms. The largest absolute Gasteiger partial charge is 0.345 e. The first-order valence-electron chi connectivity index (χ1n) is 7.63. The van der Waals surface area contributed by atoms with Gasteiger partial charge in [0.1, 0.15) is 0 Å². The predicted molar refractivity (Wildman–Crippen MR) is 91.9 cm³/mol. The number of hydrogen-bond donors (Lipinski definition) is 1. The molecule has 1 aromatic carbocycles. The first-order chi connectivity index (χ1) is 10.2. The van der Waals surface area contributed by atoms with Gasteiger partial charge < -0.3 is 5.32 Å². The van der Waals surface area contributed by atoms with E-state index in [0.29, 0.717) is 17.0 Å². The first-order valence-corrected chi connectivity index (χ1v) is 8.44. The van der Waals surface area contributed by atoms with Crippen LogP contribution in [0.25, 0.3) is 10.2 Å². The Balaban J connectivity index is 0.00000144. The van der Waals surface area contributed by atoms with Gasteiger partial charge in [0.05, 0.1) is 10.2 Å². The predicted octanol–water partition coefficient (Wildman–Crippen LogP) is 2.93. The summed E-state index contributed by atoms with van der Waals surface area (Å²) >= 11 is 1.48. The highest BCUT2D eigenvalue weighted by Crippen LogP contribution is 2.32. The number of halogens is 1. The third kappa shape index (κ3) is 2.62. The number of thiazole rings is 1. The normalized spacial score (nSPS) is 30.0. The molecule has 3 saturated heterocycles. The molecule has 3 fully saturated rings. The van der Waals surface area contributed by atoms with Crippen LogP contribution in [0.2, 0.25) is 0 Å². The standard InChI is InChI=1S/C16H19N3OS.ClH/c1-10-14(11-6-8-19(10)9-7-11)18-15(20)16-17-12-4-2-3-5-13(12)21-16;/h2-5,10-11,14H,6-9H2,1H3,(H,18,20);1H/t10-,14-;/m0./s1. The molecule has 4 nitrogen and oxygen atoms in total. The van der Waals surface area contributed by atoms with Gasteiger partial charge in [-0.05, 0) is 50.9 Å². The molecule has 2 aromatic rings. The zero-order valence-corrected chi connectivity index (χ0v) is 14.1. The summed E-state index contributed by atoms with van der Waals surface area (Å²) in [5, 5.41) is 3.83. The second kappa shape index (κ2) is 6.14. The molecular formula is C16H20ClN3OS. The Bertz CT molecular complexity index is 646. The number of rotatable bonds is 2. The summed E-state index contributed by atoms with van der Waals surface area (Å²) in [4.78, 5) is 19.5. The second-order valence-corrected chi connectivity index (χ2v) is 7.13. The highest BCUT2D eigenvalue weighted by atomic mass is 35.5. The Morgan fingerprint density at radius 2 is 2.05 bits per heavy atom. The van der Waals surface area contributed by atoms with Crippen LogP contribution in [0, 0.1) is 5.92 Å². The van der Waals surface area contributed by atoms with Crippen molar-refractivity contribution in [2.75, 3.05) is 13.1 Å². The van der Waals surface area contributed by atoms with E-state index in [1.807, 2.05) is 24.3 Å². The van der Waals surface area contributed by atoms with Gasteiger partial charge in [-0.25, -0.2) is 4.98 Å². The smallest absolute Gasteiger partial charge is 0.280 e. The number of carbonyl (C=O) groups is 1. The summed E-state index contributed by atoms with van der Waals surface area (Å²) in [6, 6.07) is 8.62. The van der Waals surface area contributed by atoms with Crippen molar-refractivity contribution in [2.45, 2.75) is 31.8 Å². The molecule has 1 N–H and O–H groups in total. The molecule has 0 aliphatic carbocycles. The Morgan fingerprint density at radius 1 is 1.32 bits per heavy atom. The molecule has 4 heterocycles. The van der Waals surface area contributed by atoms with E-state index in [1.165, 1.54) is 37.3 Å². The summed E-state index contributed by atoms with van der Waals surface area (Å²) in [6.45, 7) is 4.59. The monoisotopic (exact) mass is 337 g/mol. The van der Waals surface area contributed by atoms with Gasteiger partial charge in [0.25, 0.3) is 5.91 Å². The number of piperidine rings is 3. The van der Waals surface area contributed by atoms with Crippen LogP contribution in [0.5, 0.6) is 0 Å². The lowest BCUT2D eigenvalue weighted by Crippen LogP contribution is -2.62. The summed E-state index contributed by atoms with van der Waals surface area (Å²) in [7, 11) is 0. The Kier molecular flexibility index (Phi) is 4.39. The highest BCUT2D eigenvalue weighted by Gasteiger charge is 2.40. The summed E-state index contributed by atoms with van der Waals surface area (Å²) in [6.07, 6.45) is 2.41. The summed E-state index contributed by atoms with van der Waals surface area (Å²) in [5.41, 5.74) is 0.912. The Morgan fingerprint density at radius 3 is 2.73 bits per heavy atom. The minimum Gasteiger partial charge on any atom is -0.345 e. The van der Waals surface area contributed by atoms with Crippen molar-refractivity contribution in [1.29, 1.82) is 0 Å². The van der Waals surface area contributed by atoms with Gasteiger partial charge in [-0.15, -0.1) is 23.7 Å². The average Bonchev–Trinajstić information content (AvgIpc) is 2.95. The SMILES string of the molecule is C[C@H]1[C@H](NC(=O)c2nc3ccccc3s2)C2CCN1CC2.Cl.